The number of carbonyl (C=O) groups is 1. The average Bonchev–Trinajstić information content (AvgIpc) is 3.48. The van der Waals surface area contributed by atoms with Crippen LogP contribution in [0.15, 0.2) is 42.5 Å². The van der Waals surface area contributed by atoms with Crippen LogP contribution in [0.3, 0.4) is 0 Å². The van der Waals surface area contributed by atoms with Crippen LogP contribution in [-0.4, -0.2) is 67.6 Å². The molecule has 5 rings (SSSR count). The van der Waals surface area contributed by atoms with Crippen molar-refractivity contribution >= 4 is 5.91 Å². The molecule has 3 heterocycles. The zero-order valence-corrected chi connectivity index (χ0v) is 18.8. The normalized spacial score (nSPS) is 25.3. The minimum atomic E-state index is -0.580. The molecule has 5 nitrogen and oxygen atoms in total. The summed E-state index contributed by atoms with van der Waals surface area (Å²) in [6.45, 7) is 5.84. The number of nitrogens with one attached hydrogen (secondary N) is 1. The van der Waals surface area contributed by atoms with Crippen LogP contribution in [0.25, 0.3) is 0 Å². The Hall–Kier alpha value is -2.51. The van der Waals surface area contributed by atoms with Crippen molar-refractivity contribution in [1.82, 2.24) is 15.1 Å². The second-order valence-electron chi connectivity index (χ2n) is 9.38. The number of piperidine rings is 1. The molecule has 3 atom stereocenters. The fourth-order valence-electron chi connectivity index (χ4n) is 5.67. The van der Waals surface area contributed by atoms with Gasteiger partial charge in [-0.2, -0.15) is 0 Å². The van der Waals surface area contributed by atoms with Crippen molar-refractivity contribution in [3.8, 4) is 5.75 Å². The maximum absolute atomic E-state index is 14.6. The number of ether oxygens (including phenoxy) is 1. The lowest BCUT2D eigenvalue weighted by atomic mass is 9.82. The predicted octanol–water partition coefficient (Wildman–Crippen LogP) is 3.66. The fourth-order valence-corrected chi connectivity index (χ4v) is 5.67. The Bertz CT molecular complexity index is 978. The average molecular weight is 456 g/mol. The van der Waals surface area contributed by atoms with Crippen molar-refractivity contribution in [2.24, 2.45) is 5.92 Å². The van der Waals surface area contributed by atoms with E-state index in [9.17, 15) is 13.6 Å². The first-order valence-electron chi connectivity index (χ1n) is 12.0. The van der Waals surface area contributed by atoms with Crippen molar-refractivity contribution in [2.45, 2.75) is 31.2 Å². The molecule has 3 saturated heterocycles. The summed E-state index contributed by atoms with van der Waals surface area (Å²) in [5.74, 6) is -0.438. The molecule has 0 spiro atoms. The van der Waals surface area contributed by atoms with Gasteiger partial charge in [0.1, 0.15) is 24.0 Å². The van der Waals surface area contributed by atoms with Crippen molar-refractivity contribution in [2.75, 3.05) is 45.9 Å². The van der Waals surface area contributed by atoms with Gasteiger partial charge in [-0.05, 0) is 74.8 Å². The Morgan fingerprint density at radius 2 is 1.88 bits per heavy atom. The van der Waals surface area contributed by atoms with Crippen LogP contribution < -0.4 is 10.1 Å². The Morgan fingerprint density at radius 3 is 2.64 bits per heavy atom. The number of nitrogens with zero attached hydrogens (tertiary/aromatic N) is 2. The SMILES string of the molecule is O=C(c1ccc(OCCN2CCCC2)cc1)N1C[C@H](c2ccc(F)cc2F)[C@H]2CNCC[C@H]21. The van der Waals surface area contributed by atoms with Crippen molar-refractivity contribution in [3.63, 3.8) is 0 Å². The van der Waals surface area contributed by atoms with Gasteiger partial charge in [0.2, 0.25) is 0 Å². The van der Waals surface area contributed by atoms with Crippen molar-refractivity contribution in [1.29, 1.82) is 0 Å². The third kappa shape index (κ3) is 4.75. The summed E-state index contributed by atoms with van der Waals surface area (Å²) in [6.07, 6.45) is 3.35. The Labute approximate surface area is 193 Å². The van der Waals surface area contributed by atoms with Gasteiger partial charge in [0.05, 0.1) is 0 Å². The summed E-state index contributed by atoms with van der Waals surface area (Å²) in [5, 5.41) is 3.38. The first-order chi connectivity index (χ1) is 16.1. The van der Waals surface area contributed by atoms with E-state index in [1.165, 1.54) is 25.0 Å². The van der Waals surface area contributed by atoms with E-state index in [0.29, 0.717) is 24.3 Å². The zero-order valence-electron chi connectivity index (χ0n) is 18.8. The van der Waals surface area contributed by atoms with E-state index in [2.05, 4.69) is 10.2 Å². The number of fused-ring (bicyclic) bond motifs is 1. The van der Waals surface area contributed by atoms with E-state index < -0.39 is 11.6 Å². The maximum atomic E-state index is 14.6. The van der Waals surface area contributed by atoms with Crippen LogP contribution >= 0.6 is 0 Å². The molecule has 1 N–H and O–H groups in total. The van der Waals surface area contributed by atoms with Gasteiger partial charge in [-0.1, -0.05) is 6.07 Å². The topological polar surface area (TPSA) is 44.8 Å². The molecule has 0 bridgehead atoms. The van der Waals surface area contributed by atoms with E-state index in [0.717, 1.165) is 51.0 Å². The lowest BCUT2D eigenvalue weighted by molar-refractivity contribution is 0.0697. The molecule has 2 aromatic rings. The molecule has 3 aliphatic rings. The van der Waals surface area contributed by atoms with Crippen molar-refractivity contribution < 1.29 is 18.3 Å². The molecule has 0 radical (unpaired) electrons. The molecule has 33 heavy (non-hydrogen) atoms. The monoisotopic (exact) mass is 455 g/mol. The first-order valence-corrected chi connectivity index (χ1v) is 12.0. The lowest BCUT2D eigenvalue weighted by Gasteiger charge is -2.33. The molecular weight excluding hydrogens is 424 g/mol. The van der Waals surface area contributed by atoms with Crippen molar-refractivity contribution in [3.05, 3.63) is 65.2 Å². The van der Waals surface area contributed by atoms with Crippen LogP contribution in [0, 0.1) is 17.6 Å². The predicted molar refractivity (Wildman–Crippen MR) is 123 cm³/mol. The highest BCUT2D eigenvalue weighted by molar-refractivity contribution is 5.95. The van der Waals surface area contributed by atoms with Crippen LogP contribution in [0.5, 0.6) is 5.75 Å². The first kappa shape index (κ1) is 22.3. The largest absolute Gasteiger partial charge is 0.492 e. The number of halogens is 2. The Kier molecular flexibility index (Phi) is 6.60. The molecule has 3 aliphatic heterocycles. The molecule has 0 aliphatic carbocycles. The third-order valence-corrected chi connectivity index (χ3v) is 7.40. The van der Waals surface area contributed by atoms with Gasteiger partial charge in [-0.3, -0.25) is 9.69 Å². The van der Waals surface area contributed by atoms with E-state index in [1.54, 1.807) is 0 Å². The molecule has 0 unspecified atom stereocenters. The maximum Gasteiger partial charge on any atom is 0.254 e. The highest BCUT2D eigenvalue weighted by Gasteiger charge is 2.46. The number of rotatable bonds is 6. The van der Waals surface area contributed by atoms with Crippen LogP contribution in [0.2, 0.25) is 0 Å². The van der Waals surface area contributed by atoms with Crippen LogP contribution in [0.1, 0.15) is 41.1 Å². The number of amides is 1. The van der Waals surface area contributed by atoms with Crippen LogP contribution in [-0.2, 0) is 0 Å². The molecular formula is C26H31F2N3O2. The Balaban J connectivity index is 1.27. The standard InChI is InChI=1S/C26H31F2N3O2/c27-19-5-8-21(24(28)15-19)23-17-31(25-9-10-29-16-22(23)25)26(32)18-3-6-20(7-4-18)33-14-13-30-11-1-2-12-30/h3-8,15,22-23,25,29H,1-2,9-14,16-17H2/t22-,23-,25-/m1/s1. The zero-order chi connectivity index (χ0) is 22.8. The van der Waals surface area contributed by atoms with Gasteiger partial charge < -0.3 is 15.0 Å². The minimum absolute atomic E-state index is 0.0412. The number of benzene rings is 2. The molecule has 0 saturated carbocycles. The number of hydrogen-bond donors (Lipinski definition) is 1. The lowest BCUT2D eigenvalue weighted by Crippen LogP contribution is -2.46. The number of likely N-dealkylation sites (tertiary alicyclic amines) is 2. The van der Waals surface area contributed by atoms with Gasteiger partial charge in [-0.15, -0.1) is 0 Å². The summed E-state index contributed by atoms with van der Waals surface area (Å²) >= 11 is 0. The van der Waals surface area contributed by atoms with E-state index in [-0.39, 0.29) is 23.8 Å². The number of carbonyl (C=O) groups excluding carboxylic acids is 1. The molecule has 2 aromatic carbocycles. The molecule has 0 aromatic heterocycles. The van der Waals surface area contributed by atoms with Crippen LogP contribution in [0.4, 0.5) is 8.78 Å². The second kappa shape index (κ2) is 9.77. The van der Waals surface area contributed by atoms with Gasteiger partial charge in [0, 0.05) is 49.1 Å². The Morgan fingerprint density at radius 1 is 1.09 bits per heavy atom. The van der Waals surface area contributed by atoms with Gasteiger partial charge in [0.15, 0.2) is 0 Å². The second-order valence-corrected chi connectivity index (χ2v) is 9.38. The fraction of sp³-hybridized carbons (Fsp3) is 0.500. The highest BCUT2D eigenvalue weighted by atomic mass is 19.1. The number of hydrogen-bond acceptors (Lipinski definition) is 4. The van der Waals surface area contributed by atoms with Gasteiger partial charge in [-0.25, -0.2) is 8.78 Å². The summed E-state index contributed by atoms with van der Waals surface area (Å²) in [5.41, 5.74) is 1.10. The van der Waals surface area contributed by atoms with Gasteiger partial charge in [0.25, 0.3) is 5.91 Å². The quantitative estimate of drug-likeness (QED) is 0.722. The molecule has 3 fully saturated rings. The summed E-state index contributed by atoms with van der Waals surface area (Å²) in [6, 6.07) is 11.1. The van der Waals surface area contributed by atoms with E-state index in [1.807, 2.05) is 29.2 Å². The van der Waals surface area contributed by atoms with E-state index >= 15 is 0 Å². The van der Waals surface area contributed by atoms with Gasteiger partial charge >= 0.3 is 0 Å². The molecule has 7 heteroatoms. The summed E-state index contributed by atoms with van der Waals surface area (Å²) in [7, 11) is 0. The summed E-state index contributed by atoms with van der Waals surface area (Å²) < 4.78 is 33.9. The highest BCUT2D eigenvalue weighted by Crippen LogP contribution is 2.41. The van der Waals surface area contributed by atoms with E-state index in [4.69, 9.17) is 4.74 Å². The summed E-state index contributed by atoms with van der Waals surface area (Å²) in [4.78, 5) is 17.7. The molecule has 176 valence electrons. The smallest absolute Gasteiger partial charge is 0.254 e. The minimum Gasteiger partial charge on any atom is -0.492 e. The molecule has 1 amide bonds. The third-order valence-electron chi connectivity index (χ3n) is 7.40.